The normalized spacial score (nSPS) is 29.3. The molecule has 3 atom stereocenters. The van der Waals surface area contributed by atoms with Gasteiger partial charge in [-0.15, -0.1) is 0 Å². The van der Waals surface area contributed by atoms with Crippen LogP contribution < -0.4 is 0 Å². The average Bonchev–Trinajstić information content (AvgIpc) is 2.57. The standard InChI is InChI=1S/C21H25FO3/c1-14-8-9-17(13-20(14)22)16-5-3-7-19(12-16)25-18-6-2-4-15(10-18)11-21(23)24/h2,4-5,8,10,12,17-18,20H,3,6-7,9,11,13H2,1H3,(H,23,24). The minimum Gasteiger partial charge on any atom is -0.490 e. The van der Waals surface area contributed by atoms with Crippen LogP contribution in [0.15, 0.2) is 58.9 Å². The van der Waals surface area contributed by atoms with Crippen molar-refractivity contribution in [2.75, 3.05) is 0 Å². The van der Waals surface area contributed by atoms with Crippen molar-refractivity contribution in [2.24, 2.45) is 5.92 Å². The minimum absolute atomic E-state index is 0.0200. The molecule has 3 unspecified atom stereocenters. The Bertz CT molecular complexity index is 681. The molecule has 3 rings (SSSR count). The number of hydrogen-bond donors (Lipinski definition) is 1. The number of allylic oxidation sites excluding steroid dienone is 7. The van der Waals surface area contributed by atoms with Crippen molar-refractivity contribution in [1.29, 1.82) is 0 Å². The van der Waals surface area contributed by atoms with Gasteiger partial charge >= 0.3 is 5.97 Å². The molecule has 134 valence electrons. The molecule has 0 amide bonds. The summed E-state index contributed by atoms with van der Waals surface area (Å²) in [6, 6.07) is 0. The fourth-order valence-corrected chi connectivity index (χ4v) is 3.62. The highest BCUT2D eigenvalue weighted by molar-refractivity contribution is 5.71. The minimum atomic E-state index is -0.843. The zero-order valence-corrected chi connectivity index (χ0v) is 14.6. The summed E-state index contributed by atoms with van der Waals surface area (Å²) < 4.78 is 20.1. The number of alkyl halides is 1. The molecule has 0 saturated heterocycles. The van der Waals surface area contributed by atoms with Crippen molar-refractivity contribution in [1.82, 2.24) is 0 Å². The van der Waals surface area contributed by atoms with Gasteiger partial charge in [0, 0.05) is 12.8 Å². The zero-order chi connectivity index (χ0) is 17.8. The first-order valence-corrected chi connectivity index (χ1v) is 8.98. The maximum Gasteiger partial charge on any atom is 0.307 e. The van der Waals surface area contributed by atoms with Crippen molar-refractivity contribution in [2.45, 2.75) is 57.7 Å². The highest BCUT2D eigenvalue weighted by atomic mass is 19.1. The van der Waals surface area contributed by atoms with Gasteiger partial charge in [0.15, 0.2) is 0 Å². The van der Waals surface area contributed by atoms with Crippen LogP contribution in [-0.2, 0) is 9.53 Å². The lowest BCUT2D eigenvalue weighted by Crippen LogP contribution is -2.19. The number of carboxylic acids is 1. The van der Waals surface area contributed by atoms with Gasteiger partial charge in [-0.2, -0.15) is 0 Å². The molecular formula is C21H25FO3. The first-order valence-electron chi connectivity index (χ1n) is 8.98. The summed E-state index contributed by atoms with van der Waals surface area (Å²) in [6.07, 6.45) is 15.0. The van der Waals surface area contributed by atoms with E-state index < -0.39 is 12.1 Å². The number of halogens is 1. The van der Waals surface area contributed by atoms with Gasteiger partial charge in [-0.05, 0) is 61.0 Å². The number of hydrogen-bond acceptors (Lipinski definition) is 2. The molecule has 0 aromatic carbocycles. The predicted octanol–water partition coefficient (Wildman–Crippen LogP) is 5.03. The molecular weight excluding hydrogens is 319 g/mol. The zero-order valence-electron chi connectivity index (χ0n) is 14.6. The Balaban J connectivity index is 1.64. The highest BCUT2D eigenvalue weighted by Crippen LogP contribution is 2.35. The van der Waals surface area contributed by atoms with Crippen LogP contribution in [0.5, 0.6) is 0 Å². The molecule has 25 heavy (non-hydrogen) atoms. The number of carbonyl (C=O) groups is 1. The molecule has 3 nitrogen and oxygen atoms in total. The smallest absolute Gasteiger partial charge is 0.307 e. The summed E-state index contributed by atoms with van der Waals surface area (Å²) in [6.45, 7) is 1.86. The molecule has 0 aromatic rings. The number of aliphatic carboxylic acids is 1. The van der Waals surface area contributed by atoms with E-state index in [2.05, 4.69) is 12.2 Å². The molecule has 0 radical (unpaired) electrons. The van der Waals surface area contributed by atoms with E-state index >= 15 is 0 Å². The Labute approximate surface area is 148 Å². The van der Waals surface area contributed by atoms with Crippen molar-refractivity contribution in [3.05, 3.63) is 58.9 Å². The lowest BCUT2D eigenvalue weighted by molar-refractivity contribution is -0.136. The van der Waals surface area contributed by atoms with Crippen molar-refractivity contribution in [3.8, 4) is 0 Å². The van der Waals surface area contributed by atoms with Gasteiger partial charge in [-0.1, -0.05) is 24.3 Å². The molecule has 0 aliphatic heterocycles. The maximum absolute atomic E-state index is 14.0. The van der Waals surface area contributed by atoms with Gasteiger partial charge in [0.1, 0.15) is 12.3 Å². The Hall–Kier alpha value is -2.10. The second-order valence-electron chi connectivity index (χ2n) is 7.04. The van der Waals surface area contributed by atoms with Crippen LogP contribution in [0.4, 0.5) is 4.39 Å². The van der Waals surface area contributed by atoms with Gasteiger partial charge in [-0.25, -0.2) is 4.39 Å². The molecule has 0 bridgehead atoms. The first kappa shape index (κ1) is 17.7. The number of ether oxygens (including phenoxy) is 1. The van der Waals surface area contributed by atoms with Crippen molar-refractivity contribution >= 4 is 5.97 Å². The Morgan fingerprint density at radius 2 is 2.20 bits per heavy atom. The van der Waals surface area contributed by atoms with E-state index in [0.29, 0.717) is 6.42 Å². The van der Waals surface area contributed by atoms with Crippen LogP contribution in [0.2, 0.25) is 0 Å². The van der Waals surface area contributed by atoms with E-state index in [1.165, 1.54) is 5.57 Å². The predicted molar refractivity (Wildman–Crippen MR) is 95.7 cm³/mol. The van der Waals surface area contributed by atoms with Gasteiger partial charge < -0.3 is 9.84 Å². The van der Waals surface area contributed by atoms with E-state index in [1.807, 2.05) is 31.2 Å². The third-order valence-electron chi connectivity index (χ3n) is 5.04. The molecule has 3 aliphatic carbocycles. The lowest BCUT2D eigenvalue weighted by atomic mass is 9.81. The largest absolute Gasteiger partial charge is 0.490 e. The molecule has 0 saturated carbocycles. The van der Waals surface area contributed by atoms with E-state index in [4.69, 9.17) is 9.84 Å². The fraction of sp³-hybridized carbons (Fsp3) is 0.476. The quantitative estimate of drug-likeness (QED) is 0.712. The Morgan fingerprint density at radius 3 is 2.96 bits per heavy atom. The van der Waals surface area contributed by atoms with Gasteiger partial charge in [0.05, 0.1) is 12.2 Å². The van der Waals surface area contributed by atoms with Crippen LogP contribution in [-0.4, -0.2) is 23.4 Å². The Kier molecular flexibility index (Phi) is 5.57. The SMILES string of the molecule is CC1=CCC(C2=CCCC(OC3C=C(CC(=O)O)C=CC3)=C2)CC1F. The topological polar surface area (TPSA) is 46.5 Å². The lowest BCUT2D eigenvalue weighted by Gasteiger charge is -2.28. The molecule has 1 N–H and O–H groups in total. The third kappa shape index (κ3) is 4.71. The third-order valence-corrected chi connectivity index (χ3v) is 5.04. The van der Waals surface area contributed by atoms with Crippen LogP contribution in [0.3, 0.4) is 0 Å². The molecule has 0 fully saturated rings. The Morgan fingerprint density at radius 1 is 1.36 bits per heavy atom. The van der Waals surface area contributed by atoms with Gasteiger partial charge in [0.2, 0.25) is 0 Å². The maximum atomic E-state index is 14.0. The highest BCUT2D eigenvalue weighted by Gasteiger charge is 2.25. The summed E-state index contributed by atoms with van der Waals surface area (Å²) >= 11 is 0. The van der Waals surface area contributed by atoms with Crippen LogP contribution in [0, 0.1) is 5.92 Å². The molecule has 3 aliphatic rings. The van der Waals surface area contributed by atoms with Gasteiger partial charge in [0.25, 0.3) is 0 Å². The van der Waals surface area contributed by atoms with Crippen LogP contribution in [0.25, 0.3) is 0 Å². The van der Waals surface area contributed by atoms with E-state index in [9.17, 15) is 9.18 Å². The second kappa shape index (κ2) is 7.85. The average molecular weight is 344 g/mol. The molecule has 4 heteroatoms. The molecule has 0 heterocycles. The number of rotatable bonds is 5. The summed E-state index contributed by atoms with van der Waals surface area (Å²) in [5.41, 5.74) is 2.80. The first-order chi connectivity index (χ1) is 12.0. The molecule has 0 aromatic heterocycles. The second-order valence-corrected chi connectivity index (χ2v) is 7.04. The van der Waals surface area contributed by atoms with E-state index in [0.717, 1.165) is 42.6 Å². The molecule has 0 spiro atoms. The van der Waals surface area contributed by atoms with E-state index in [-0.39, 0.29) is 18.4 Å². The van der Waals surface area contributed by atoms with Crippen LogP contribution >= 0.6 is 0 Å². The summed E-state index contributed by atoms with van der Waals surface area (Å²) in [4.78, 5) is 10.9. The van der Waals surface area contributed by atoms with Gasteiger partial charge in [-0.3, -0.25) is 4.79 Å². The summed E-state index contributed by atoms with van der Waals surface area (Å²) in [5, 5.41) is 8.92. The van der Waals surface area contributed by atoms with Crippen molar-refractivity contribution < 1.29 is 19.0 Å². The summed E-state index contributed by atoms with van der Waals surface area (Å²) in [5.74, 6) is 0.312. The van der Waals surface area contributed by atoms with Crippen molar-refractivity contribution in [3.63, 3.8) is 0 Å². The van der Waals surface area contributed by atoms with Crippen LogP contribution in [0.1, 0.15) is 45.4 Å². The fourth-order valence-electron chi connectivity index (χ4n) is 3.62. The monoisotopic (exact) mass is 344 g/mol. The summed E-state index contributed by atoms with van der Waals surface area (Å²) in [7, 11) is 0. The number of carboxylic acid groups (broad SMARTS) is 1. The van der Waals surface area contributed by atoms with E-state index in [1.54, 1.807) is 0 Å².